The van der Waals surface area contributed by atoms with Crippen molar-refractivity contribution in [2.75, 3.05) is 14.1 Å². The number of hydrogen-bond donors (Lipinski definition) is 2. The van der Waals surface area contributed by atoms with E-state index in [9.17, 15) is 4.79 Å². The van der Waals surface area contributed by atoms with E-state index in [0.717, 1.165) is 14.5 Å². The van der Waals surface area contributed by atoms with Crippen molar-refractivity contribution in [1.82, 2.24) is 15.4 Å². The molecule has 0 radical (unpaired) electrons. The van der Waals surface area contributed by atoms with Gasteiger partial charge in [0.2, 0.25) is 5.91 Å². The Labute approximate surface area is 91.9 Å². The van der Waals surface area contributed by atoms with Gasteiger partial charge in [-0.25, -0.2) is 5.01 Å². The highest BCUT2D eigenvalue weighted by molar-refractivity contribution is 7.73. The lowest BCUT2D eigenvalue weighted by Gasteiger charge is -2.10. The van der Waals surface area contributed by atoms with Crippen LogP contribution in [-0.4, -0.2) is 30.0 Å². The molecule has 0 aromatic carbocycles. The SMILES string of the molecule is Cc1[nH]c(=S)sc1CC(=O)NN(C)C. The number of amides is 1. The molecule has 0 bridgehead atoms. The zero-order valence-electron chi connectivity index (χ0n) is 8.38. The average molecular weight is 231 g/mol. The molecule has 14 heavy (non-hydrogen) atoms. The third-order valence-corrected chi connectivity index (χ3v) is 2.93. The van der Waals surface area contributed by atoms with Gasteiger partial charge in [-0.1, -0.05) is 0 Å². The lowest BCUT2D eigenvalue weighted by Crippen LogP contribution is -2.37. The Balaban J connectivity index is 2.65. The van der Waals surface area contributed by atoms with Crippen molar-refractivity contribution in [2.24, 2.45) is 0 Å². The standard InChI is InChI=1S/C8H13N3OS2/c1-5-6(14-8(13)9-5)4-7(12)10-11(2)3/h4H2,1-3H3,(H,9,13)(H,10,12). The summed E-state index contributed by atoms with van der Waals surface area (Å²) < 4.78 is 0.718. The summed E-state index contributed by atoms with van der Waals surface area (Å²) in [7, 11) is 3.56. The molecule has 1 amide bonds. The van der Waals surface area contributed by atoms with E-state index in [4.69, 9.17) is 12.2 Å². The number of aryl methyl sites for hydroxylation is 1. The number of carbonyl (C=O) groups is 1. The second-order valence-corrected chi connectivity index (χ2v) is 4.94. The molecule has 0 saturated heterocycles. The monoisotopic (exact) mass is 231 g/mol. The number of hydrogen-bond acceptors (Lipinski definition) is 4. The highest BCUT2D eigenvalue weighted by Gasteiger charge is 2.08. The van der Waals surface area contributed by atoms with E-state index in [1.165, 1.54) is 11.3 Å². The fraction of sp³-hybridized carbons (Fsp3) is 0.500. The van der Waals surface area contributed by atoms with Gasteiger partial charge in [-0.15, -0.1) is 11.3 Å². The number of aromatic amines is 1. The first-order valence-electron chi connectivity index (χ1n) is 4.14. The van der Waals surface area contributed by atoms with Crippen LogP contribution in [-0.2, 0) is 11.2 Å². The fourth-order valence-corrected chi connectivity index (χ4v) is 2.33. The van der Waals surface area contributed by atoms with Gasteiger partial charge < -0.3 is 4.98 Å². The molecule has 0 aliphatic heterocycles. The zero-order chi connectivity index (χ0) is 10.7. The molecule has 78 valence electrons. The van der Waals surface area contributed by atoms with Crippen LogP contribution in [0.25, 0.3) is 0 Å². The van der Waals surface area contributed by atoms with Crippen LogP contribution in [0, 0.1) is 10.9 Å². The molecule has 0 fully saturated rings. The Morgan fingerprint density at radius 1 is 1.64 bits per heavy atom. The van der Waals surface area contributed by atoms with E-state index < -0.39 is 0 Å². The number of thiazole rings is 1. The molecular weight excluding hydrogens is 218 g/mol. The molecular formula is C8H13N3OS2. The van der Waals surface area contributed by atoms with E-state index in [1.54, 1.807) is 19.1 Å². The summed E-state index contributed by atoms with van der Waals surface area (Å²) in [6, 6.07) is 0. The highest BCUT2D eigenvalue weighted by atomic mass is 32.1. The smallest absolute Gasteiger partial charge is 0.239 e. The van der Waals surface area contributed by atoms with E-state index in [1.807, 2.05) is 6.92 Å². The Bertz CT molecular complexity index is 380. The average Bonchev–Trinajstić information content (AvgIpc) is 2.28. The van der Waals surface area contributed by atoms with Crippen LogP contribution in [0.1, 0.15) is 10.6 Å². The minimum atomic E-state index is -0.0247. The van der Waals surface area contributed by atoms with Crippen molar-refractivity contribution in [2.45, 2.75) is 13.3 Å². The van der Waals surface area contributed by atoms with Crippen molar-refractivity contribution in [1.29, 1.82) is 0 Å². The summed E-state index contributed by atoms with van der Waals surface area (Å²) in [5, 5.41) is 1.63. The van der Waals surface area contributed by atoms with E-state index in [2.05, 4.69) is 10.4 Å². The van der Waals surface area contributed by atoms with E-state index >= 15 is 0 Å². The van der Waals surface area contributed by atoms with Crippen LogP contribution >= 0.6 is 23.6 Å². The minimum absolute atomic E-state index is 0.0247. The molecule has 1 aromatic rings. The molecule has 4 nitrogen and oxygen atoms in total. The summed E-state index contributed by atoms with van der Waals surface area (Å²) in [5.41, 5.74) is 3.66. The molecule has 0 atom stereocenters. The van der Waals surface area contributed by atoms with Gasteiger partial charge in [0.05, 0.1) is 6.42 Å². The fourth-order valence-electron chi connectivity index (χ4n) is 1.04. The van der Waals surface area contributed by atoms with Gasteiger partial charge in [-0.3, -0.25) is 10.2 Å². The summed E-state index contributed by atoms with van der Waals surface area (Å²) in [5.74, 6) is -0.0247. The number of H-pyrrole nitrogens is 1. The quantitative estimate of drug-likeness (QED) is 0.608. The van der Waals surface area contributed by atoms with Crippen LogP contribution in [0.3, 0.4) is 0 Å². The molecule has 0 spiro atoms. The van der Waals surface area contributed by atoms with Crippen molar-refractivity contribution in [3.05, 3.63) is 14.5 Å². The number of hydrazine groups is 1. The third-order valence-electron chi connectivity index (χ3n) is 1.59. The maximum atomic E-state index is 11.4. The third kappa shape index (κ3) is 3.21. The van der Waals surface area contributed by atoms with Crippen LogP contribution in [0.2, 0.25) is 0 Å². The number of nitrogens with one attached hydrogen (secondary N) is 2. The molecule has 6 heteroatoms. The van der Waals surface area contributed by atoms with Gasteiger partial charge in [-0.05, 0) is 19.1 Å². The maximum Gasteiger partial charge on any atom is 0.239 e. The Morgan fingerprint density at radius 3 is 2.71 bits per heavy atom. The Morgan fingerprint density at radius 2 is 2.29 bits per heavy atom. The molecule has 0 aliphatic carbocycles. The molecule has 1 aromatic heterocycles. The first-order chi connectivity index (χ1) is 6.49. The lowest BCUT2D eigenvalue weighted by molar-refractivity contribution is -0.124. The molecule has 1 heterocycles. The summed E-state index contributed by atoms with van der Waals surface area (Å²) in [4.78, 5) is 15.4. The van der Waals surface area contributed by atoms with Crippen LogP contribution in [0.15, 0.2) is 0 Å². The predicted octanol–water partition coefficient (Wildman–Crippen LogP) is 1.25. The van der Waals surface area contributed by atoms with Crippen molar-refractivity contribution >= 4 is 29.5 Å². The first-order valence-corrected chi connectivity index (χ1v) is 5.37. The molecule has 2 N–H and O–H groups in total. The lowest BCUT2D eigenvalue weighted by atomic mass is 10.3. The minimum Gasteiger partial charge on any atom is -0.341 e. The van der Waals surface area contributed by atoms with Gasteiger partial charge in [0.15, 0.2) is 3.95 Å². The van der Waals surface area contributed by atoms with Crippen molar-refractivity contribution in [3.8, 4) is 0 Å². The second kappa shape index (κ2) is 4.68. The Hall–Kier alpha value is -0.720. The van der Waals surface area contributed by atoms with Crippen LogP contribution < -0.4 is 5.43 Å². The molecule has 0 unspecified atom stereocenters. The topological polar surface area (TPSA) is 48.1 Å². The van der Waals surface area contributed by atoms with Gasteiger partial charge >= 0.3 is 0 Å². The highest BCUT2D eigenvalue weighted by Crippen LogP contribution is 2.14. The maximum absolute atomic E-state index is 11.4. The van der Waals surface area contributed by atoms with Gasteiger partial charge in [0.1, 0.15) is 0 Å². The number of rotatable bonds is 3. The largest absolute Gasteiger partial charge is 0.341 e. The van der Waals surface area contributed by atoms with Gasteiger partial charge in [0, 0.05) is 24.7 Å². The molecule has 1 rings (SSSR count). The van der Waals surface area contributed by atoms with Crippen molar-refractivity contribution < 1.29 is 4.79 Å². The van der Waals surface area contributed by atoms with E-state index in [-0.39, 0.29) is 5.91 Å². The van der Waals surface area contributed by atoms with Gasteiger partial charge in [-0.2, -0.15) is 0 Å². The summed E-state index contributed by atoms with van der Waals surface area (Å²) in [6.45, 7) is 1.92. The van der Waals surface area contributed by atoms with Crippen LogP contribution in [0.4, 0.5) is 0 Å². The second-order valence-electron chi connectivity index (χ2n) is 3.17. The zero-order valence-corrected chi connectivity index (χ0v) is 10.0. The van der Waals surface area contributed by atoms with Gasteiger partial charge in [0.25, 0.3) is 0 Å². The Kier molecular flexibility index (Phi) is 3.79. The number of nitrogens with zero attached hydrogens (tertiary/aromatic N) is 1. The summed E-state index contributed by atoms with van der Waals surface area (Å²) in [6.07, 6.45) is 0.377. The van der Waals surface area contributed by atoms with E-state index in [0.29, 0.717) is 6.42 Å². The number of carbonyl (C=O) groups excluding carboxylic acids is 1. The predicted molar refractivity (Wildman–Crippen MR) is 59.8 cm³/mol. The van der Waals surface area contributed by atoms with Crippen LogP contribution in [0.5, 0.6) is 0 Å². The summed E-state index contributed by atoms with van der Waals surface area (Å²) >= 11 is 6.43. The molecule has 0 aliphatic rings. The number of aromatic nitrogens is 1. The molecule has 0 saturated carbocycles. The first kappa shape index (κ1) is 11.4. The normalized spacial score (nSPS) is 10.6. The van der Waals surface area contributed by atoms with Crippen molar-refractivity contribution in [3.63, 3.8) is 0 Å².